The maximum absolute atomic E-state index is 12.1. The second-order valence-electron chi connectivity index (χ2n) is 4.74. The van der Waals surface area contributed by atoms with E-state index >= 15 is 0 Å². The van der Waals surface area contributed by atoms with E-state index in [2.05, 4.69) is 25.8 Å². The minimum absolute atomic E-state index is 0.131. The van der Waals surface area contributed by atoms with E-state index in [0.29, 0.717) is 10.8 Å². The van der Waals surface area contributed by atoms with Crippen LogP contribution in [0.4, 0.5) is 13.2 Å². The Kier molecular flexibility index (Phi) is 6.02. The molecule has 0 aliphatic rings. The molecule has 0 unspecified atom stereocenters. The van der Waals surface area contributed by atoms with Crippen molar-refractivity contribution in [1.29, 1.82) is 0 Å². The van der Waals surface area contributed by atoms with Gasteiger partial charge in [-0.15, -0.1) is 0 Å². The number of alkyl halides is 3. The smallest absolute Gasteiger partial charge is 0.356 e. The van der Waals surface area contributed by atoms with Crippen molar-refractivity contribution < 1.29 is 17.7 Å². The lowest BCUT2D eigenvalue weighted by Crippen LogP contribution is -2.38. The highest BCUT2D eigenvalue weighted by molar-refractivity contribution is 6.30. The van der Waals surface area contributed by atoms with Gasteiger partial charge < -0.3 is 15.2 Å². The second-order valence-corrected chi connectivity index (χ2v) is 5.17. The number of rotatable bonds is 5. The fourth-order valence-corrected chi connectivity index (χ4v) is 1.87. The van der Waals surface area contributed by atoms with E-state index in [9.17, 15) is 13.2 Å². The third kappa shape index (κ3) is 5.73. The maximum atomic E-state index is 12.1. The Labute approximate surface area is 141 Å². The van der Waals surface area contributed by atoms with Crippen LogP contribution >= 0.6 is 11.6 Å². The molecule has 1 aromatic heterocycles. The van der Waals surface area contributed by atoms with Crippen LogP contribution in [0.2, 0.25) is 5.02 Å². The van der Waals surface area contributed by atoms with Crippen LogP contribution in [0.25, 0.3) is 11.4 Å². The molecular weight excluding hydrogens is 347 g/mol. The third-order valence-corrected chi connectivity index (χ3v) is 3.15. The van der Waals surface area contributed by atoms with Crippen molar-refractivity contribution in [2.45, 2.75) is 19.1 Å². The summed E-state index contributed by atoms with van der Waals surface area (Å²) in [4.78, 5) is 8.01. The fourth-order valence-electron chi connectivity index (χ4n) is 1.75. The van der Waals surface area contributed by atoms with Crippen LogP contribution in [0.5, 0.6) is 0 Å². The first-order valence-electron chi connectivity index (χ1n) is 6.97. The van der Waals surface area contributed by atoms with Crippen LogP contribution in [0.3, 0.4) is 0 Å². The zero-order valence-corrected chi connectivity index (χ0v) is 13.4. The topological polar surface area (TPSA) is 75.3 Å². The van der Waals surface area contributed by atoms with Gasteiger partial charge in [-0.05, 0) is 24.3 Å². The molecule has 0 fully saturated rings. The van der Waals surface area contributed by atoms with Crippen molar-refractivity contribution in [3.05, 3.63) is 35.2 Å². The number of aromatic nitrogens is 2. The molecule has 0 aliphatic heterocycles. The molecule has 0 aliphatic carbocycles. The summed E-state index contributed by atoms with van der Waals surface area (Å²) < 4.78 is 41.4. The zero-order chi connectivity index (χ0) is 17.6. The van der Waals surface area contributed by atoms with Crippen LogP contribution in [-0.4, -0.2) is 35.9 Å². The summed E-state index contributed by atoms with van der Waals surface area (Å²) >= 11 is 5.81. The van der Waals surface area contributed by atoms with Crippen LogP contribution in [0, 0.1) is 0 Å². The van der Waals surface area contributed by atoms with Gasteiger partial charge in [-0.1, -0.05) is 16.8 Å². The Balaban J connectivity index is 1.86. The molecule has 0 spiro atoms. The van der Waals surface area contributed by atoms with Gasteiger partial charge in [0.1, 0.15) is 0 Å². The molecule has 24 heavy (non-hydrogen) atoms. The van der Waals surface area contributed by atoms with Gasteiger partial charge in [0.2, 0.25) is 11.7 Å². The molecule has 0 bridgehead atoms. The van der Waals surface area contributed by atoms with Crippen molar-refractivity contribution in [1.82, 2.24) is 20.8 Å². The summed E-state index contributed by atoms with van der Waals surface area (Å²) in [5, 5.41) is 9.79. The van der Waals surface area contributed by atoms with Crippen LogP contribution in [0.15, 0.2) is 33.8 Å². The van der Waals surface area contributed by atoms with Gasteiger partial charge in [0, 0.05) is 24.2 Å². The van der Waals surface area contributed by atoms with Gasteiger partial charge in [-0.2, -0.15) is 18.2 Å². The highest BCUT2D eigenvalue weighted by Gasteiger charge is 2.26. The number of hydrogen-bond acceptors (Lipinski definition) is 4. The van der Waals surface area contributed by atoms with Gasteiger partial charge >= 0.3 is 6.18 Å². The van der Waals surface area contributed by atoms with E-state index < -0.39 is 12.6 Å². The van der Waals surface area contributed by atoms with Gasteiger partial charge in [0.05, 0.1) is 13.0 Å². The average molecular weight is 362 g/mol. The van der Waals surface area contributed by atoms with Crippen molar-refractivity contribution in [2.75, 3.05) is 13.6 Å². The van der Waals surface area contributed by atoms with E-state index in [0.717, 1.165) is 5.56 Å². The summed E-state index contributed by atoms with van der Waals surface area (Å²) in [5.74, 6) is 0.882. The lowest BCUT2D eigenvalue weighted by atomic mass is 10.2. The summed E-state index contributed by atoms with van der Waals surface area (Å²) in [6.07, 6.45) is -5.17. The molecule has 2 N–H and O–H groups in total. The predicted octanol–water partition coefficient (Wildman–Crippen LogP) is 3.01. The van der Waals surface area contributed by atoms with Crippen LogP contribution in [0.1, 0.15) is 12.3 Å². The summed E-state index contributed by atoms with van der Waals surface area (Å²) in [5.41, 5.74) is 0.738. The Hall–Kier alpha value is -2.29. The largest absolute Gasteiger partial charge is 0.390 e. The Morgan fingerprint density at radius 1 is 1.25 bits per heavy atom. The first kappa shape index (κ1) is 18.1. The number of halogens is 4. The van der Waals surface area contributed by atoms with Crippen molar-refractivity contribution in [3.8, 4) is 11.4 Å². The summed E-state index contributed by atoms with van der Waals surface area (Å²) in [6.45, 7) is -0.144. The molecule has 1 heterocycles. The average Bonchev–Trinajstić information content (AvgIpc) is 2.99. The molecule has 10 heteroatoms. The molecule has 2 rings (SSSR count). The number of nitrogens with zero attached hydrogens (tertiary/aromatic N) is 3. The predicted molar refractivity (Wildman–Crippen MR) is 83.6 cm³/mol. The van der Waals surface area contributed by atoms with E-state index in [1.807, 2.05) is 0 Å². The molecular formula is C14H15ClF3N5O. The van der Waals surface area contributed by atoms with E-state index in [-0.39, 0.29) is 24.9 Å². The molecule has 0 saturated heterocycles. The monoisotopic (exact) mass is 361 g/mol. The Morgan fingerprint density at radius 2 is 1.96 bits per heavy atom. The summed E-state index contributed by atoms with van der Waals surface area (Å²) in [6, 6.07) is 6.92. The molecule has 1 aromatic carbocycles. The lowest BCUT2D eigenvalue weighted by molar-refractivity contribution is -0.132. The molecule has 0 amide bonds. The fraction of sp³-hybridized carbons (Fsp3) is 0.357. The van der Waals surface area contributed by atoms with Gasteiger partial charge in [0.25, 0.3) is 0 Å². The third-order valence-electron chi connectivity index (χ3n) is 2.90. The van der Waals surface area contributed by atoms with Gasteiger partial charge in [-0.25, -0.2) is 0 Å². The molecule has 6 nitrogen and oxygen atoms in total. The SMILES string of the molecule is CN=C(NCCC(F)(F)F)NCc1nc(-c2ccc(Cl)cc2)no1. The van der Waals surface area contributed by atoms with E-state index in [1.165, 1.54) is 7.05 Å². The van der Waals surface area contributed by atoms with Gasteiger partial charge in [0.15, 0.2) is 5.96 Å². The van der Waals surface area contributed by atoms with E-state index in [4.69, 9.17) is 16.1 Å². The molecule has 2 aromatic rings. The highest BCUT2D eigenvalue weighted by atomic mass is 35.5. The highest BCUT2D eigenvalue weighted by Crippen LogP contribution is 2.19. The second kappa shape index (κ2) is 8.00. The quantitative estimate of drug-likeness (QED) is 0.632. The number of benzene rings is 1. The van der Waals surface area contributed by atoms with Crippen molar-refractivity contribution in [3.63, 3.8) is 0 Å². The lowest BCUT2D eigenvalue weighted by Gasteiger charge is -2.11. The van der Waals surface area contributed by atoms with Crippen LogP contribution in [-0.2, 0) is 6.54 Å². The van der Waals surface area contributed by atoms with Crippen molar-refractivity contribution >= 4 is 17.6 Å². The number of nitrogens with one attached hydrogen (secondary N) is 2. The normalized spacial score (nSPS) is 12.3. The van der Waals surface area contributed by atoms with Gasteiger partial charge in [-0.3, -0.25) is 4.99 Å². The summed E-state index contributed by atoms with van der Waals surface area (Å²) in [7, 11) is 1.45. The molecule has 0 radical (unpaired) electrons. The minimum atomic E-state index is -4.22. The minimum Gasteiger partial charge on any atom is -0.356 e. The number of guanidine groups is 1. The Morgan fingerprint density at radius 3 is 2.58 bits per heavy atom. The zero-order valence-electron chi connectivity index (χ0n) is 12.7. The first-order valence-corrected chi connectivity index (χ1v) is 7.35. The van der Waals surface area contributed by atoms with E-state index in [1.54, 1.807) is 24.3 Å². The molecule has 130 valence electrons. The number of aliphatic imine (C=N–C) groups is 1. The number of hydrogen-bond donors (Lipinski definition) is 2. The first-order chi connectivity index (χ1) is 11.4. The van der Waals surface area contributed by atoms with Crippen LogP contribution < -0.4 is 10.6 Å². The Bertz CT molecular complexity index is 684. The molecule has 0 saturated carbocycles. The van der Waals surface area contributed by atoms with Crippen molar-refractivity contribution in [2.24, 2.45) is 4.99 Å². The standard InChI is InChI=1S/C14H15ClF3N5O/c1-19-13(20-7-6-14(16,17)18)21-8-11-22-12(23-24-11)9-2-4-10(15)5-3-9/h2-5H,6-8H2,1H3,(H2,19,20,21). The maximum Gasteiger partial charge on any atom is 0.390 e. The molecule has 0 atom stereocenters.